The van der Waals surface area contributed by atoms with Gasteiger partial charge in [-0.3, -0.25) is 0 Å². The van der Waals surface area contributed by atoms with Crippen LogP contribution in [0.25, 0.3) is 0 Å². The number of hydrogen-bond donors (Lipinski definition) is 1. The van der Waals surface area contributed by atoms with E-state index >= 15 is 0 Å². The van der Waals surface area contributed by atoms with Crippen molar-refractivity contribution in [1.82, 2.24) is 9.29 Å². The van der Waals surface area contributed by atoms with Crippen LogP contribution in [0.5, 0.6) is 0 Å². The summed E-state index contributed by atoms with van der Waals surface area (Å²) >= 11 is 0. The molecule has 1 saturated heterocycles. The van der Waals surface area contributed by atoms with Crippen molar-refractivity contribution in [3.05, 3.63) is 18.3 Å². The standard InChI is InChI=1S/C14H23N3O2S/c1-11(2)12(3)16-14-7-6-13(10-15-14)20(18,19)17-8-4-5-9-17/h6-7,10-12H,4-5,8-9H2,1-3H3,(H,15,16). The van der Waals surface area contributed by atoms with E-state index in [1.807, 2.05) is 0 Å². The molecular formula is C14H23N3O2S. The molecule has 2 heterocycles. The molecule has 0 aromatic carbocycles. The summed E-state index contributed by atoms with van der Waals surface area (Å²) in [6.07, 6.45) is 3.33. The third kappa shape index (κ3) is 3.30. The van der Waals surface area contributed by atoms with E-state index in [1.165, 1.54) is 10.5 Å². The van der Waals surface area contributed by atoms with E-state index in [0.29, 0.717) is 30.9 Å². The lowest BCUT2D eigenvalue weighted by molar-refractivity contribution is 0.477. The van der Waals surface area contributed by atoms with Gasteiger partial charge in [0.1, 0.15) is 10.7 Å². The largest absolute Gasteiger partial charge is 0.367 e. The Morgan fingerprint density at radius 3 is 2.35 bits per heavy atom. The third-order valence-electron chi connectivity index (χ3n) is 3.81. The predicted molar refractivity (Wildman–Crippen MR) is 80.2 cm³/mol. The van der Waals surface area contributed by atoms with Crippen LogP contribution in [0, 0.1) is 5.92 Å². The van der Waals surface area contributed by atoms with Gasteiger partial charge in [0.05, 0.1) is 0 Å². The number of rotatable bonds is 5. The van der Waals surface area contributed by atoms with Crippen LogP contribution in [0.1, 0.15) is 33.6 Å². The summed E-state index contributed by atoms with van der Waals surface area (Å²) in [5.41, 5.74) is 0. The quantitative estimate of drug-likeness (QED) is 0.906. The van der Waals surface area contributed by atoms with Crippen LogP contribution >= 0.6 is 0 Å². The lowest BCUT2D eigenvalue weighted by atomic mass is 10.1. The maximum absolute atomic E-state index is 12.3. The highest BCUT2D eigenvalue weighted by atomic mass is 32.2. The van der Waals surface area contributed by atoms with Crippen LogP contribution in [0.2, 0.25) is 0 Å². The van der Waals surface area contributed by atoms with Gasteiger partial charge in [-0.15, -0.1) is 0 Å². The van der Waals surface area contributed by atoms with Crippen LogP contribution in [-0.2, 0) is 10.0 Å². The first kappa shape index (κ1) is 15.3. The van der Waals surface area contributed by atoms with Crippen molar-refractivity contribution < 1.29 is 8.42 Å². The molecule has 5 nitrogen and oxygen atoms in total. The van der Waals surface area contributed by atoms with Gasteiger partial charge in [-0.25, -0.2) is 13.4 Å². The highest BCUT2D eigenvalue weighted by Gasteiger charge is 2.27. The lowest BCUT2D eigenvalue weighted by Gasteiger charge is -2.19. The Balaban J connectivity index is 2.11. The van der Waals surface area contributed by atoms with E-state index in [4.69, 9.17) is 0 Å². The summed E-state index contributed by atoms with van der Waals surface area (Å²) in [7, 11) is -3.36. The van der Waals surface area contributed by atoms with Crippen molar-refractivity contribution in [2.45, 2.75) is 44.6 Å². The van der Waals surface area contributed by atoms with Gasteiger partial charge in [0, 0.05) is 25.3 Å². The van der Waals surface area contributed by atoms with Crippen LogP contribution in [0.4, 0.5) is 5.82 Å². The Hall–Kier alpha value is -1.14. The fourth-order valence-corrected chi connectivity index (χ4v) is 3.56. The summed E-state index contributed by atoms with van der Waals surface area (Å²) < 4.78 is 26.2. The van der Waals surface area contributed by atoms with Crippen molar-refractivity contribution in [3.8, 4) is 0 Å². The third-order valence-corrected chi connectivity index (χ3v) is 5.70. The van der Waals surface area contributed by atoms with E-state index in [2.05, 4.69) is 31.1 Å². The minimum Gasteiger partial charge on any atom is -0.367 e. The van der Waals surface area contributed by atoms with Crippen molar-refractivity contribution in [3.63, 3.8) is 0 Å². The van der Waals surface area contributed by atoms with E-state index in [9.17, 15) is 8.42 Å². The van der Waals surface area contributed by atoms with E-state index in [-0.39, 0.29) is 4.90 Å². The normalized spacial score (nSPS) is 18.4. The molecule has 0 bridgehead atoms. The molecule has 1 fully saturated rings. The molecule has 1 aliphatic rings. The summed E-state index contributed by atoms with van der Waals surface area (Å²) in [6, 6.07) is 3.67. The molecule has 112 valence electrons. The predicted octanol–water partition coefficient (Wildman–Crippen LogP) is 2.32. The van der Waals surface area contributed by atoms with Gasteiger partial charge < -0.3 is 5.32 Å². The van der Waals surface area contributed by atoms with Gasteiger partial charge in [-0.05, 0) is 37.8 Å². The minimum atomic E-state index is -3.36. The maximum Gasteiger partial charge on any atom is 0.244 e. The zero-order chi connectivity index (χ0) is 14.8. The lowest BCUT2D eigenvalue weighted by Crippen LogP contribution is -2.28. The second kappa shape index (κ2) is 6.10. The average Bonchev–Trinajstić information content (AvgIpc) is 2.93. The molecule has 1 aromatic rings. The van der Waals surface area contributed by atoms with Crippen LogP contribution in [0.3, 0.4) is 0 Å². The number of nitrogens with zero attached hydrogens (tertiary/aromatic N) is 2. The summed E-state index contributed by atoms with van der Waals surface area (Å²) in [5.74, 6) is 1.20. The van der Waals surface area contributed by atoms with Crippen molar-refractivity contribution in [2.75, 3.05) is 18.4 Å². The first-order valence-corrected chi connectivity index (χ1v) is 8.58. The first-order chi connectivity index (χ1) is 9.41. The Labute approximate surface area is 121 Å². The molecule has 1 aromatic heterocycles. The van der Waals surface area contributed by atoms with E-state index in [0.717, 1.165) is 12.8 Å². The molecule has 1 unspecified atom stereocenters. The number of pyridine rings is 1. The number of aromatic nitrogens is 1. The van der Waals surface area contributed by atoms with E-state index < -0.39 is 10.0 Å². The molecule has 0 radical (unpaired) electrons. The second-order valence-electron chi connectivity index (χ2n) is 5.67. The molecule has 1 aliphatic heterocycles. The number of hydrogen-bond acceptors (Lipinski definition) is 4. The zero-order valence-corrected chi connectivity index (χ0v) is 13.2. The zero-order valence-electron chi connectivity index (χ0n) is 12.3. The highest BCUT2D eigenvalue weighted by molar-refractivity contribution is 7.89. The number of nitrogens with one attached hydrogen (secondary N) is 1. The fraction of sp³-hybridized carbons (Fsp3) is 0.643. The van der Waals surface area contributed by atoms with Crippen molar-refractivity contribution in [2.24, 2.45) is 5.92 Å². The Morgan fingerprint density at radius 1 is 1.20 bits per heavy atom. The van der Waals surface area contributed by atoms with Gasteiger partial charge >= 0.3 is 0 Å². The molecule has 0 amide bonds. The SMILES string of the molecule is CC(C)C(C)Nc1ccc(S(=O)(=O)N2CCCC2)cn1. The summed E-state index contributed by atoms with van der Waals surface area (Å²) in [5, 5.41) is 3.27. The monoisotopic (exact) mass is 297 g/mol. The van der Waals surface area contributed by atoms with Gasteiger partial charge in [0.15, 0.2) is 0 Å². The van der Waals surface area contributed by atoms with Gasteiger partial charge in [-0.1, -0.05) is 13.8 Å². The average molecular weight is 297 g/mol. The van der Waals surface area contributed by atoms with Gasteiger partial charge in [0.2, 0.25) is 10.0 Å². The molecule has 2 rings (SSSR count). The second-order valence-corrected chi connectivity index (χ2v) is 7.61. The topological polar surface area (TPSA) is 62.3 Å². The van der Waals surface area contributed by atoms with Gasteiger partial charge in [-0.2, -0.15) is 4.31 Å². The molecule has 0 spiro atoms. The molecule has 1 N–H and O–H groups in total. The Kier molecular flexibility index (Phi) is 4.65. The smallest absolute Gasteiger partial charge is 0.244 e. The summed E-state index contributed by atoms with van der Waals surface area (Å²) in [4.78, 5) is 4.50. The van der Waals surface area contributed by atoms with Crippen LogP contribution in [-0.4, -0.2) is 36.8 Å². The molecule has 1 atom stereocenters. The number of sulfonamides is 1. The fourth-order valence-electron chi connectivity index (χ4n) is 2.10. The number of anilines is 1. The van der Waals surface area contributed by atoms with Crippen molar-refractivity contribution in [1.29, 1.82) is 0 Å². The van der Waals surface area contributed by atoms with Gasteiger partial charge in [0.25, 0.3) is 0 Å². The molecule has 6 heteroatoms. The van der Waals surface area contributed by atoms with Crippen molar-refractivity contribution >= 4 is 15.8 Å². The Morgan fingerprint density at radius 2 is 1.85 bits per heavy atom. The van der Waals surface area contributed by atoms with E-state index in [1.54, 1.807) is 12.1 Å². The van der Waals surface area contributed by atoms with Crippen LogP contribution in [0.15, 0.2) is 23.2 Å². The minimum absolute atomic E-state index is 0.280. The Bertz CT molecular complexity index is 534. The molecule has 0 saturated carbocycles. The maximum atomic E-state index is 12.3. The molecule has 20 heavy (non-hydrogen) atoms. The molecule has 0 aliphatic carbocycles. The first-order valence-electron chi connectivity index (χ1n) is 7.14. The molecular weight excluding hydrogens is 274 g/mol. The van der Waals surface area contributed by atoms with Crippen LogP contribution < -0.4 is 5.32 Å². The highest BCUT2D eigenvalue weighted by Crippen LogP contribution is 2.21. The summed E-state index contributed by atoms with van der Waals surface area (Å²) in [6.45, 7) is 7.58.